The summed E-state index contributed by atoms with van der Waals surface area (Å²) in [5.41, 5.74) is -1.25. The maximum absolute atomic E-state index is 12.0. The zero-order valence-electron chi connectivity index (χ0n) is 19.9. The summed E-state index contributed by atoms with van der Waals surface area (Å²) in [6, 6.07) is 0. The number of hydrogen-bond donors (Lipinski definition) is 1. The minimum absolute atomic E-state index is 0.00761. The summed E-state index contributed by atoms with van der Waals surface area (Å²) >= 11 is 0. The van der Waals surface area contributed by atoms with Crippen LogP contribution >= 0.6 is 0 Å². The Hall–Kier alpha value is -1.14. The molecule has 0 aromatic carbocycles. The largest absolute Gasteiger partial charge is 0.459 e. The molecule has 0 aliphatic rings. The Morgan fingerprint density at radius 1 is 0.929 bits per heavy atom. The molecule has 1 N–H and O–H groups in total. The molecule has 0 aliphatic heterocycles. The Morgan fingerprint density at radius 3 is 1.93 bits per heavy atom. The number of carbonyl (C=O) groups excluding carboxylic acids is 2. The third kappa shape index (κ3) is 8.91. The summed E-state index contributed by atoms with van der Waals surface area (Å²) in [6.45, 7) is 23.4. The van der Waals surface area contributed by atoms with Crippen molar-refractivity contribution in [3.63, 3.8) is 0 Å². The van der Waals surface area contributed by atoms with Gasteiger partial charge in [-0.2, -0.15) is 0 Å². The average Bonchev–Trinajstić information content (AvgIpc) is 2.50. The lowest BCUT2D eigenvalue weighted by Crippen LogP contribution is -2.53. The molecule has 1 unspecified atom stereocenters. The first-order valence-electron chi connectivity index (χ1n) is 10.2. The third-order valence-corrected chi connectivity index (χ3v) is 5.71. The molecule has 0 aromatic heterocycles. The van der Waals surface area contributed by atoms with Gasteiger partial charge in [0, 0.05) is 18.1 Å². The van der Waals surface area contributed by atoms with Crippen molar-refractivity contribution in [3.8, 4) is 0 Å². The molecule has 0 saturated carbocycles. The fourth-order valence-corrected chi connectivity index (χ4v) is 2.31. The van der Waals surface area contributed by atoms with E-state index in [4.69, 9.17) is 14.2 Å². The van der Waals surface area contributed by atoms with E-state index in [1.54, 1.807) is 6.92 Å². The van der Waals surface area contributed by atoms with E-state index in [0.29, 0.717) is 13.2 Å². The Balaban J connectivity index is 4.80. The molecule has 0 saturated heterocycles. The summed E-state index contributed by atoms with van der Waals surface area (Å²) in [7, 11) is 0. The third-order valence-electron chi connectivity index (χ3n) is 5.71. The Labute approximate surface area is 172 Å². The molecule has 0 aliphatic carbocycles. The zero-order chi connectivity index (χ0) is 22.4. The highest BCUT2D eigenvalue weighted by Crippen LogP contribution is 2.38. The fourth-order valence-electron chi connectivity index (χ4n) is 2.31. The van der Waals surface area contributed by atoms with Crippen molar-refractivity contribution in [2.75, 3.05) is 19.8 Å². The second-order valence-electron chi connectivity index (χ2n) is 10.2. The van der Waals surface area contributed by atoms with Crippen molar-refractivity contribution in [2.45, 2.75) is 99.3 Å². The quantitative estimate of drug-likeness (QED) is 0.440. The molecule has 1 atom stereocenters. The minimum Gasteiger partial charge on any atom is -0.459 e. The van der Waals surface area contributed by atoms with Crippen molar-refractivity contribution >= 4 is 11.9 Å². The van der Waals surface area contributed by atoms with Gasteiger partial charge in [0.25, 0.3) is 0 Å². The summed E-state index contributed by atoms with van der Waals surface area (Å²) in [5.74, 6) is -1.59. The summed E-state index contributed by atoms with van der Waals surface area (Å²) < 4.78 is 16.9. The van der Waals surface area contributed by atoms with Crippen LogP contribution in [0.3, 0.4) is 0 Å². The van der Waals surface area contributed by atoms with E-state index >= 15 is 0 Å². The van der Waals surface area contributed by atoms with E-state index < -0.39 is 17.4 Å². The molecule has 0 fully saturated rings. The predicted octanol–water partition coefficient (Wildman–Crippen LogP) is 4.11. The van der Waals surface area contributed by atoms with Crippen molar-refractivity contribution in [2.24, 2.45) is 11.3 Å². The van der Waals surface area contributed by atoms with Gasteiger partial charge in [-0.1, -0.05) is 20.8 Å². The second kappa shape index (κ2) is 10.1. The molecule has 6 nitrogen and oxygen atoms in total. The predicted molar refractivity (Wildman–Crippen MR) is 112 cm³/mol. The van der Waals surface area contributed by atoms with E-state index in [1.807, 2.05) is 20.8 Å². The van der Waals surface area contributed by atoms with E-state index in [9.17, 15) is 9.59 Å². The topological polar surface area (TPSA) is 73.9 Å². The maximum Gasteiger partial charge on any atom is 0.396 e. The maximum atomic E-state index is 12.0. The Kier molecular flexibility index (Phi) is 9.65. The fraction of sp³-hybridized carbons (Fsp3) is 0.909. The molecule has 0 aromatic rings. The molecular weight excluding hydrogens is 358 g/mol. The minimum atomic E-state index is -0.857. The van der Waals surface area contributed by atoms with Gasteiger partial charge in [0.1, 0.15) is 0 Å². The van der Waals surface area contributed by atoms with Gasteiger partial charge >= 0.3 is 11.9 Å². The van der Waals surface area contributed by atoms with E-state index in [-0.39, 0.29) is 29.1 Å². The van der Waals surface area contributed by atoms with E-state index in [1.165, 1.54) is 0 Å². The number of hydrogen-bond acceptors (Lipinski definition) is 5. The number of rotatable bonds is 10. The van der Waals surface area contributed by atoms with Crippen molar-refractivity contribution in [1.82, 2.24) is 5.32 Å². The zero-order valence-corrected chi connectivity index (χ0v) is 19.9. The molecule has 0 radical (unpaired) electrons. The molecule has 166 valence electrons. The molecular formula is C22H43NO5. The van der Waals surface area contributed by atoms with Gasteiger partial charge in [-0.25, -0.2) is 4.79 Å². The molecule has 6 heteroatoms. The van der Waals surface area contributed by atoms with Gasteiger partial charge in [-0.3, -0.25) is 4.79 Å². The number of nitrogens with one attached hydrogen (secondary N) is 1. The first kappa shape index (κ1) is 26.9. The van der Waals surface area contributed by atoms with Crippen LogP contribution in [0.5, 0.6) is 0 Å². The smallest absolute Gasteiger partial charge is 0.396 e. The van der Waals surface area contributed by atoms with Gasteiger partial charge in [0.2, 0.25) is 0 Å². The Morgan fingerprint density at radius 2 is 1.46 bits per heavy atom. The number of carbonyl (C=O) groups is 2. The SMILES string of the molecule is CCOC(=O)C(=O)NC(C)(C)C(C)COC(C)(C)C(C)(C)CCOC(C)(C)C. The lowest BCUT2D eigenvalue weighted by molar-refractivity contribution is -0.156. The van der Waals surface area contributed by atoms with Crippen molar-refractivity contribution in [1.29, 1.82) is 0 Å². The van der Waals surface area contributed by atoms with E-state index in [0.717, 1.165) is 6.42 Å². The van der Waals surface area contributed by atoms with Gasteiger partial charge in [0.05, 0.1) is 24.4 Å². The van der Waals surface area contributed by atoms with Crippen molar-refractivity contribution in [3.05, 3.63) is 0 Å². The average molecular weight is 402 g/mol. The van der Waals surface area contributed by atoms with E-state index in [2.05, 4.69) is 53.8 Å². The van der Waals surface area contributed by atoms with Crippen LogP contribution in [-0.4, -0.2) is 48.4 Å². The molecule has 0 heterocycles. The van der Waals surface area contributed by atoms with Crippen molar-refractivity contribution < 1.29 is 23.8 Å². The normalized spacial score (nSPS) is 14.5. The van der Waals surface area contributed by atoms with Gasteiger partial charge in [-0.15, -0.1) is 0 Å². The summed E-state index contributed by atoms with van der Waals surface area (Å²) in [5, 5.41) is 2.75. The molecule has 1 amide bonds. The van der Waals surface area contributed by atoms with Crippen LogP contribution in [0.15, 0.2) is 0 Å². The number of amides is 1. The van der Waals surface area contributed by atoms with Gasteiger partial charge in [-0.05, 0) is 67.2 Å². The highest BCUT2D eigenvalue weighted by Gasteiger charge is 2.39. The molecule has 0 bridgehead atoms. The van der Waals surface area contributed by atoms with Crippen LogP contribution in [0.2, 0.25) is 0 Å². The number of esters is 1. The molecule has 28 heavy (non-hydrogen) atoms. The lowest BCUT2D eigenvalue weighted by atomic mass is 9.74. The second-order valence-corrected chi connectivity index (χ2v) is 10.2. The van der Waals surface area contributed by atoms with Gasteiger partial charge in [0.15, 0.2) is 0 Å². The standard InChI is InChI=1S/C22H43NO5/c1-12-26-18(25)17(24)23-21(8,9)16(2)15-28-22(10,11)20(6,7)13-14-27-19(3,4)5/h16H,12-15H2,1-11H3,(H,23,24). The first-order valence-corrected chi connectivity index (χ1v) is 10.2. The van der Waals surface area contributed by atoms with Crippen LogP contribution in [-0.2, 0) is 23.8 Å². The summed E-state index contributed by atoms with van der Waals surface area (Å²) in [4.78, 5) is 23.6. The van der Waals surface area contributed by atoms with Crippen LogP contribution in [0.4, 0.5) is 0 Å². The Bertz CT molecular complexity index is 518. The molecule has 0 spiro atoms. The molecule has 0 rings (SSSR count). The lowest BCUT2D eigenvalue weighted by Gasteiger charge is -2.44. The monoisotopic (exact) mass is 401 g/mol. The van der Waals surface area contributed by atoms with Crippen LogP contribution in [0.25, 0.3) is 0 Å². The highest BCUT2D eigenvalue weighted by molar-refractivity contribution is 6.32. The van der Waals surface area contributed by atoms with Crippen LogP contribution < -0.4 is 5.32 Å². The van der Waals surface area contributed by atoms with Gasteiger partial charge < -0.3 is 19.5 Å². The van der Waals surface area contributed by atoms with Crippen LogP contribution in [0.1, 0.15) is 82.6 Å². The van der Waals surface area contributed by atoms with Crippen LogP contribution in [0, 0.1) is 11.3 Å². The highest BCUT2D eigenvalue weighted by atomic mass is 16.5. The first-order chi connectivity index (χ1) is 12.5. The summed E-state index contributed by atoms with van der Waals surface area (Å²) in [6.07, 6.45) is 0.870. The number of ether oxygens (including phenoxy) is 3.